The average molecular weight is 371 g/mol. The quantitative estimate of drug-likeness (QED) is 0.881. The van der Waals surface area contributed by atoms with E-state index in [4.69, 9.17) is 0 Å². The van der Waals surface area contributed by atoms with Crippen molar-refractivity contribution >= 4 is 22.2 Å². The average Bonchev–Trinajstić information content (AvgIpc) is 2.93. The van der Waals surface area contributed by atoms with Crippen LogP contribution >= 0.6 is 12.4 Å². The number of aryl methyl sites for hydroxylation is 1. The number of rotatable bonds is 4. The summed E-state index contributed by atoms with van der Waals surface area (Å²) in [7, 11) is -1.13. The third kappa shape index (κ3) is 4.16. The zero-order valence-corrected chi connectivity index (χ0v) is 15.5. The fraction of sp³-hybridized carbons (Fsp3) is 0.438. The van der Waals surface area contributed by atoms with E-state index in [1.54, 1.807) is 12.1 Å². The van der Waals surface area contributed by atoms with Crippen molar-refractivity contribution in [1.29, 1.82) is 0 Å². The number of nitrogens with one attached hydrogen (secondary N) is 1. The number of hydrogen-bond donors (Lipinski definition) is 1. The zero-order chi connectivity index (χ0) is 16.4. The Morgan fingerprint density at radius 3 is 2.58 bits per heavy atom. The van der Waals surface area contributed by atoms with Gasteiger partial charge in [0.05, 0.1) is 10.9 Å². The summed E-state index contributed by atoms with van der Waals surface area (Å²) in [4.78, 5) is 7.23. The number of sulfone groups is 1. The van der Waals surface area contributed by atoms with E-state index in [1.165, 1.54) is 6.26 Å². The van der Waals surface area contributed by atoms with E-state index < -0.39 is 9.84 Å². The largest absolute Gasteiger partial charge is 0.337 e. The van der Waals surface area contributed by atoms with Crippen LogP contribution in [0.5, 0.6) is 0 Å². The monoisotopic (exact) mass is 370 g/mol. The van der Waals surface area contributed by atoms with Crippen LogP contribution in [-0.4, -0.2) is 48.8 Å². The second-order valence-electron chi connectivity index (χ2n) is 6.00. The van der Waals surface area contributed by atoms with E-state index in [1.807, 2.05) is 31.6 Å². The lowest BCUT2D eigenvalue weighted by Gasteiger charge is -2.35. The molecule has 1 fully saturated rings. The minimum Gasteiger partial charge on any atom is -0.337 e. The molecule has 1 unspecified atom stereocenters. The molecule has 0 amide bonds. The van der Waals surface area contributed by atoms with Gasteiger partial charge in [0.25, 0.3) is 0 Å². The van der Waals surface area contributed by atoms with Gasteiger partial charge in [-0.1, -0.05) is 12.1 Å². The lowest BCUT2D eigenvalue weighted by Crippen LogP contribution is -2.46. The Morgan fingerprint density at radius 1 is 1.29 bits per heavy atom. The van der Waals surface area contributed by atoms with Crippen LogP contribution in [-0.2, 0) is 23.4 Å². The lowest BCUT2D eigenvalue weighted by molar-refractivity contribution is 0.144. The Kier molecular flexibility index (Phi) is 6.03. The van der Waals surface area contributed by atoms with Gasteiger partial charge in [-0.15, -0.1) is 12.4 Å². The van der Waals surface area contributed by atoms with Crippen LogP contribution in [0.3, 0.4) is 0 Å². The number of hydrogen-bond acceptors (Lipinski definition) is 5. The maximum absolute atomic E-state index is 11.5. The molecule has 1 N–H and O–H groups in total. The van der Waals surface area contributed by atoms with Crippen molar-refractivity contribution in [2.24, 2.45) is 7.05 Å². The maximum atomic E-state index is 11.5. The minimum atomic E-state index is -3.14. The fourth-order valence-electron chi connectivity index (χ4n) is 2.97. The molecule has 0 radical (unpaired) electrons. The van der Waals surface area contributed by atoms with Gasteiger partial charge in [0.1, 0.15) is 5.82 Å². The van der Waals surface area contributed by atoms with E-state index in [2.05, 4.69) is 19.8 Å². The second kappa shape index (κ2) is 7.65. The Bertz CT molecular complexity index is 774. The number of imidazole rings is 1. The third-order valence-corrected chi connectivity index (χ3v) is 5.38. The van der Waals surface area contributed by atoms with Gasteiger partial charge < -0.3 is 9.88 Å². The molecule has 1 saturated heterocycles. The van der Waals surface area contributed by atoms with Crippen molar-refractivity contribution in [2.45, 2.75) is 17.5 Å². The van der Waals surface area contributed by atoms with E-state index >= 15 is 0 Å². The van der Waals surface area contributed by atoms with Crippen molar-refractivity contribution in [3.63, 3.8) is 0 Å². The first kappa shape index (κ1) is 18.9. The van der Waals surface area contributed by atoms with Crippen LogP contribution < -0.4 is 5.32 Å². The van der Waals surface area contributed by atoms with Crippen molar-refractivity contribution in [1.82, 2.24) is 19.8 Å². The Balaban J connectivity index is 0.00000208. The zero-order valence-electron chi connectivity index (χ0n) is 13.8. The Morgan fingerprint density at radius 2 is 2.00 bits per heavy atom. The van der Waals surface area contributed by atoms with Gasteiger partial charge in [0.15, 0.2) is 9.84 Å². The molecule has 2 aromatic rings. The summed E-state index contributed by atoms with van der Waals surface area (Å²) >= 11 is 0. The molecule has 0 aliphatic carbocycles. The Hall–Kier alpha value is -1.41. The summed E-state index contributed by atoms with van der Waals surface area (Å²) < 4.78 is 25.2. The van der Waals surface area contributed by atoms with Crippen molar-refractivity contribution < 1.29 is 8.42 Å². The first-order valence-electron chi connectivity index (χ1n) is 7.66. The molecule has 0 saturated carbocycles. The van der Waals surface area contributed by atoms with E-state index in [-0.39, 0.29) is 18.4 Å². The molecule has 24 heavy (non-hydrogen) atoms. The highest BCUT2D eigenvalue weighted by Gasteiger charge is 2.26. The normalized spacial score (nSPS) is 19.0. The second-order valence-corrected chi connectivity index (χ2v) is 8.02. The predicted molar refractivity (Wildman–Crippen MR) is 96.0 cm³/mol. The standard InChI is InChI=1S/C16H22N4O2S.ClH/c1-19-9-8-18-16(19)15-11-17-7-10-20(15)12-13-3-5-14(6-4-13)23(2,21)22;/h3-6,8-9,15,17H,7,10-12H2,1-2H3;1H. The topological polar surface area (TPSA) is 67.2 Å². The van der Waals surface area contributed by atoms with Gasteiger partial charge in [0.2, 0.25) is 0 Å². The third-order valence-electron chi connectivity index (χ3n) is 4.25. The van der Waals surface area contributed by atoms with E-state index in [0.717, 1.165) is 37.6 Å². The van der Waals surface area contributed by atoms with Gasteiger partial charge in [-0.3, -0.25) is 4.90 Å². The molecule has 1 aromatic carbocycles. The summed E-state index contributed by atoms with van der Waals surface area (Å²) in [6.45, 7) is 3.53. The number of piperazine rings is 1. The van der Waals surface area contributed by atoms with Gasteiger partial charge in [0, 0.05) is 51.9 Å². The molecule has 8 heteroatoms. The molecule has 0 bridgehead atoms. The number of nitrogens with zero attached hydrogens (tertiary/aromatic N) is 3. The van der Waals surface area contributed by atoms with Gasteiger partial charge in [-0.05, 0) is 17.7 Å². The van der Waals surface area contributed by atoms with Crippen LogP contribution in [0.1, 0.15) is 17.4 Å². The van der Waals surface area contributed by atoms with E-state index in [0.29, 0.717) is 4.90 Å². The first-order valence-corrected chi connectivity index (χ1v) is 9.55. The number of aromatic nitrogens is 2. The van der Waals surface area contributed by atoms with Crippen LogP contribution in [0, 0.1) is 0 Å². The maximum Gasteiger partial charge on any atom is 0.175 e. The van der Waals surface area contributed by atoms with Crippen LogP contribution in [0.4, 0.5) is 0 Å². The summed E-state index contributed by atoms with van der Waals surface area (Å²) in [6.07, 6.45) is 5.02. The fourth-order valence-corrected chi connectivity index (χ4v) is 3.60. The molecule has 1 aliphatic rings. The molecular weight excluding hydrogens is 348 g/mol. The predicted octanol–water partition coefficient (Wildman–Crippen LogP) is 1.39. The smallest absolute Gasteiger partial charge is 0.175 e. The van der Waals surface area contributed by atoms with E-state index in [9.17, 15) is 8.42 Å². The molecule has 2 heterocycles. The van der Waals surface area contributed by atoms with Crippen LogP contribution in [0.25, 0.3) is 0 Å². The summed E-state index contributed by atoms with van der Waals surface area (Å²) in [5, 5.41) is 3.42. The number of halogens is 1. The van der Waals surface area contributed by atoms with Gasteiger partial charge >= 0.3 is 0 Å². The van der Waals surface area contributed by atoms with Crippen LogP contribution in [0.15, 0.2) is 41.6 Å². The molecule has 1 atom stereocenters. The lowest BCUT2D eigenvalue weighted by atomic mass is 10.1. The summed E-state index contributed by atoms with van der Waals surface area (Å²) in [5.41, 5.74) is 1.11. The SMILES string of the molecule is Cl.Cn1ccnc1C1CNCCN1Cc1ccc(S(C)(=O)=O)cc1. The Labute approximate surface area is 149 Å². The molecular formula is C16H23ClN4O2S. The van der Waals surface area contributed by atoms with Crippen molar-refractivity contribution in [3.05, 3.63) is 48.0 Å². The molecule has 1 aliphatic heterocycles. The number of benzene rings is 1. The molecule has 1 aromatic heterocycles. The van der Waals surface area contributed by atoms with Gasteiger partial charge in [-0.2, -0.15) is 0 Å². The molecule has 3 rings (SSSR count). The highest BCUT2D eigenvalue weighted by atomic mass is 35.5. The van der Waals surface area contributed by atoms with Crippen LogP contribution in [0.2, 0.25) is 0 Å². The molecule has 6 nitrogen and oxygen atoms in total. The summed E-state index contributed by atoms with van der Waals surface area (Å²) in [5.74, 6) is 1.05. The van der Waals surface area contributed by atoms with Gasteiger partial charge in [-0.25, -0.2) is 13.4 Å². The molecule has 132 valence electrons. The minimum absolute atomic E-state index is 0. The highest BCUT2D eigenvalue weighted by molar-refractivity contribution is 7.90. The van der Waals surface area contributed by atoms with Crippen molar-refractivity contribution in [3.8, 4) is 0 Å². The van der Waals surface area contributed by atoms with Crippen molar-refractivity contribution in [2.75, 3.05) is 25.9 Å². The summed E-state index contributed by atoms with van der Waals surface area (Å²) in [6, 6.07) is 7.38. The first-order chi connectivity index (χ1) is 10.9. The molecule has 0 spiro atoms. The highest BCUT2D eigenvalue weighted by Crippen LogP contribution is 2.23.